The number of carbonyl (C=O) groups is 1. The van der Waals surface area contributed by atoms with E-state index in [9.17, 15) is 4.79 Å². The van der Waals surface area contributed by atoms with Crippen molar-refractivity contribution in [3.63, 3.8) is 0 Å². The number of hydrogen-bond acceptors (Lipinski definition) is 4. The molecule has 102 valence electrons. The summed E-state index contributed by atoms with van der Waals surface area (Å²) >= 11 is 5.98. The monoisotopic (exact) mass is 289 g/mol. The van der Waals surface area contributed by atoms with Crippen LogP contribution in [0.4, 0.5) is 11.4 Å². The van der Waals surface area contributed by atoms with Gasteiger partial charge in [0.1, 0.15) is 6.04 Å². The Kier molecular flexibility index (Phi) is 3.20. The van der Waals surface area contributed by atoms with Crippen molar-refractivity contribution in [3.05, 3.63) is 47.1 Å². The van der Waals surface area contributed by atoms with Crippen LogP contribution in [0.15, 0.2) is 36.5 Å². The molecule has 5 nitrogen and oxygen atoms in total. The zero-order valence-electron chi connectivity index (χ0n) is 10.7. The second-order valence-electron chi connectivity index (χ2n) is 4.39. The molecule has 0 saturated heterocycles. The predicted molar refractivity (Wildman–Crippen MR) is 77.2 cm³/mol. The average molecular weight is 290 g/mol. The van der Waals surface area contributed by atoms with E-state index in [1.807, 2.05) is 6.07 Å². The van der Waals surface area contributed by atoms with Gasteiger partial charge >= 0.3 is 0 Å². The first-order valence-corrected chi connectivity index (χ1v) is 6.42. The lowest BCUT2D eigenvalue weighted by atomic mass is 10.1. The van der Waals surface area contributed by atoms with Gasteiger partial charge in [0, 0.05) is 22.3 Å². The van der Waals surface area contributed by atoms with Crippen LogP contribution in [0.2, 0.25) is 5.02 Å². The minimum Gasteiger partial charge on any atom is -0.481 e. The van der Waals surface area contributed by atoms with Crippen molar-refractivity contribution < 1.29 is 9.53 Å². The summed E-state index contributed by atoms with van der Waals surface area (Å²) in [6, 6.07) is 8.39. The minimum atomic E-state index is -0.473. The van der Waals surface area contributed by atoms with Gasteiger partial charge in [-0.3, -0.25) is 4.79 Å². The third-order valence-electron chi connectivity index (χ3n) is 3.10. The quantitative estimate of drug-likeness (QED) is 0.912. The van der Waals surface area contributed by atoms with Crippen LogP contribution in [0.3, 0.4) is 0 Å². The zero-order chi connectivity index (χ0) is 14.1. The number of nitrogens with zero attached hydrogens (tertiary/aromatic N) is 1. The molecule has 1 aromatic carbocycles. The molecule has 3 rings (SSSR count). The van der Waals surface area contributed by atoms with Crippen LogP contribution in [0.1, 0.15) is 11.6 Å². The lowest BCUT2D eigenvalue weighted by molar-refractivity contribution is -0.116. The van der Waals surface area contributed by atoms with Crippen LogP contribution >= 0.6 is 11.6 Å². The fraction of sp³-hybridized carbons (Fsp3) is 0.143. The summed E-state index contributed by atoms with van der Waals surface area (Å²) in [6.45, 7) is 0. The molecule has 2 aromatic rings. The fourth-order valence-corrected chi connectivity index (χ4v) is 2.31. The minimum absolute atomic E-state index is 0.113. The Morgan fingerprint density at radius 1 is 1.35 bits per heavy atom. The number of nitrogens with one attached hydrogen (secondary N) is 2. The molecule has 0 radical (unpaired) electrons. The first-order valence-electron chi connectivity index (χ1n) is 6.04. The van der Waals surface area contributed by atoms with Crippen LogP contribution in [-0.4, -0.2) is 18.0 Å². The Balaban J connectivity index is 1.87. The maximum Gasteiger partial charge on any atom is 0.251 e. The number of anilines is 2. The number of hydrogen-bond donors (Lipinski definition) is 2. The van der Waals surface area contributed by atoms with E-state index >= 15 is 0 Å². The normalized spacial score (nSPS) is 16.5. The number of pyridine rings is 1. The molecule has 2 heterocycles. The van der Waals surface area contributed by atoms with Gasteiger partial charge in [0.15, 0.2) is 0 Å². The van der Waals surface area contributed by atoms with Crippen LogP contribution in [-0.2, 0) is 4.79 Å². The molecule has 1 unspecified atom stereocenters. The Morgan fingerprint density at radius 2 is 2.20 bits per heavy atom. The van der Waals surface area contributed by atoms with Gasteiger partial charge in [0.2, 0.25) is 5.88 Å². The third-order valence-corrected chi connectivity index (χ3v) is 3.34. The molecule has 0 bridgehead atoms. The molecule has 2 N–H and O–H groups in total. The van der Waals surface area contributed by atoms with Gasteiger partial charge in [-0.1, -0.05) is 11.6 Å². The molecular formula is C14H12ClN3O2. The molecule has 1 aliphatic rings. The summed E-state index contributed by atoms with van der Waals surface area (Å²) in [5.41, 5.74) is 2.34. The molecule has 1 aromatic heterocycles. The highest BCUT2D eigenvalue weighted by atomic mass is 35.5. The predicted octanol–water partition coefficient (Wildman–Crippen LogP) is 2.85. The number of benzene rings is 1. The van der Waals surface area contributed by atoms with Crippen LogP contribution < -0.4 is 15.4 Å². The highest BCUT2D eigenvalue weighted by molar-refractivity contribution is 6.31. The molecule has 6 heteroatoms. The molecule has 1 amide bonds. The lowest BCUT2D eigenvalue weighted by Gasteiger charge is -2.13. The lowest BCUT2D eigenvalue weighted by Crippen LogP contribution is -2.19. The number of methoxy groups -OCH3 is 1. The van der Waals surface area contributed by atoms with E-state index in [0.717, 1.165) is 16.9 Å². The van der Waals surface area contributed by atoms with Crippen molar-refractivity contribution in [1.82, 2.24) is 4.98 Å². The standard InChI is InChI=1S/C14H12ClN3O2/c1-20-12-5-3-9(7-16-12)17-13-10-6-8(15)2-4-11(10)18-14(13)19/h2-7,13,17H,1H3,(H,18,19). The van der Waals surface area contributed by atoms with Gasteiger partial charge in [-0.2, -0.15) is 0 Å². The average Bonchev–Trinajstić information content (AvgIpc) is 2.76. The van der Waals surface area contributed by atoms with E-state index in [1.54, 1.807) is 37.6 Å². The summed E-state index contributed by atoms with van der Waals surface area (Å²) in [7, 11) is 1.55. The van der Waals surface area contributed by atoms with Crippen LogP contribution in [0.5, 0.6) is 5.88 Å². The summed E-state index contributed by atoms with van der Waals surface area (Å²) in [6.07, 6.45) is 1.62. The van der Waals surface area contributed by atoms with Crippen molar-refractivity contribution in [2.75, 3.05) is 17.7 Å². The van der Waals surface area contributed by atoms with Crippen molar-refractivity contribution in [3.8, 4) is 5.88 Å². The second-order valence-corrected chi connectivity index (χ2v) is 4.82. The summed E-state index contributed by atoms with van der Waals surface area (Å²) in [5, 5.41) is 6.55. The van der Waals surface area contributed by atoms with Gasteiger partial charge in [-0.05, 0) is 24.3 Å². The van der Waals surface area contributed by atoms with E-state index in [1.165, 1.54) is 0 Å². The van der Waals surface area contributed by atoms with Crippen molar-refractivity contribution in [2.24, 2.45) is 0 Å². The maximum absolute atomic E-state index is 12.0. The van der Waals surface area contributed by atoms with E-state index in [4.69, 9.17) is 16.3 Å². The molecule has 0 saturated carbocycles. The number of fused-ring (bicyclic) bond motifs is 1. The number of carbonyl (C=O) groups excluding carboxylic acids is 1. The number of aromatic nitrogens is 1. The maximum atomic E-state index is 12.0. The van der Waals surface area contributed by atoms with E-state index in [2.05, 4.69) is 15.6 Å². The third kappa shape index (κ3) is 2.28. The Hall–Kier alpha value is -2.27. The molecule has 0 aliphatic carbocycles. The van der Waals surface area contributed by atoms with Crippen molar-refractivity contribution >= 4 is 28.9 Å². The highest BCUT2D eigenvalue weighted by Crippen LogP contribution is 2.35. The van der Waals surface area contributed by atoms with E-state index in [-0.39, 0.29) is 5.91 Å². The summed E-state index contributed by atoms with van der Waals surface area (Å²) < 4.78 is 5.00. The zero-order valence-corrected chi connectivity index (χ0v) is 11.4. The fourth-order valence-electron chi connectivity index (χ4n) is 2.13. The van der Waals surface area contributed by atoms with Crippen LogP contribution in [0.25, 0.3) is 0 Å². The van der Waals surface area contributed by atoms with Crippen molar-refractivity contribution in [2.45, 2.75) is 6.04 Å². The first kappa shape index (κ1) is 12.7. The van der Waals surface area contributed by atoms with Gasteiger partial charge in [0.05, 0.1) is 19.0 Å². The number of rotatable bonds is 3. The van der Waals surface area contributed by atoms with Gasteiger partial charge < -0.3 is 15.4 Å². The Bertz CT molecular complexity index is 658. The molecule has 1 aliphatic heterocycles. The van der Waals surface area contributed by atoms with E-state index < -0.39 is 6.04 Å². The second kappa shape index (κ2) is 5.02. The molecular weight excluding hydrogens is 278 g/mol. The van der Waals surface area contributed by atoms with Crippen LogP contribution in [0, 0.1) is 0 Å². The molecule has 0 spiro atoms. The topological polar surface area (TPSA) is 63.2 Å². The van der Waals surface area contributed by atoms with Gasteiger partial charge in [0.25, 0.3) is 5.91 Å². The summed E-state index contributed by atoms with van der Waals surface area (Å²) in [5.74, 6) is 0.410. The Morgan fingerprint density at radius 3 is 2.90 bits per heavy atom. The molecule has 1 atom stereocenters. The molecule has 20 heavy (non-hydrogen) atoms. The SMILES string of the molecule is COc1ccc(NC2C(=O)Nc3ccc(Cl)cc32)cn1. The number of ether oxygens (including phenoxy) is 1. The largest absolute Gasteiger partial charge is 0.481 e. The molecule has 0 fully saturated rings. The number of amides is 1. The first-order chi connectivity index (χ1) is 9.67. The van der Waals surface area contributed by atoms with E-state index in [0.29, 0.717) is 10.9 Å². The number of halogens is 1. The summed E-state index contributed by atoms with van der Waals surface area (Å²) in [4.78, 5) is 16.1. The van der Waals surface area contributed by atoms with Crippen molar-refractivity contribution in [1.29, 1.82) is 0 Å². The van der Waals surface area contributed by atoms with Gasteiger partial charge in [-0.15, -0.1) is 0 Å². The Labute approximate surface area is 120 Å². The van der Waals surface area contributed by atoms with Gasteiger partial charge in [-0.25, -0.2) is 4.98 Å². The highest BCUT2D eigenvalue weighted by Gasteiger charge is 2.30. The smallest absolute Gasteiger partial charge is 0.251 e.